The maximum atomic E-state index is 12.5. The number of esters is 1. The van der Waals surface area contributed by atoms with Gasteiger partial charge in [0.05, 0.1) is 6.61 Å². The Labute approximate surface area is 232 Å². The summed E-state index contributed by atoms with van der Waals surface area (Å²) in [5.74, 6) is 0.0258. The number of aliphatic hydroxyl groups excluding tert-OH is 1. The van der Waals surface area contributed by atoms with Crippen LogP contribution in [0.3, 0.4) is 0 Å². The zero-order valence-electron chi connectivity index (χ0n) is 25.6. The molecule has 0 aliphatic rings. The Bertz CT molecular complexity index is 457. The highest BCUT2D eigenvalue weighted by molar-refractivity contribution is 5.69. The number of carbonyl (C=O) groups is 1. The first kappa shape index (κ1) is 36.4. The van der Waals surface area contributed by atoms with E-state index < -0.39 is 0 Å². The van der Waals surface area contributed by atoms with Crippen molar-refractivity contribution in [2.75, 3.05) is 26.2 Å². The molecule has 0 aromatic heterocycles. The summed E-state index contributed by atoms with van der Waals surface area (Å²) in [4.78, 5) is 14.9. The van der Waals surface area contributed by atoms with Crippen LogP contribution < -0.4 is 0 Å². The van der Waals surface area contributed by atoms with Gasteiger partial charge in [-0.25, -0.2) is 0 Å². The molecular weight excluding hydrogens is 458 g/mol. The molecule has 0 aromatic rings. The van der Waals surface area contributed by atoms with E-state index in [-0.39, 0.29) is 18.7 Å². The first-order valence-electron chi connectivity index (χ1n) is 16.7. The molecule has 0 rings (SSSR count). The van der Waals surface area contributed by atoms with Gasteiger partial charge in [0.2, 0.25) is 0 Å². The number of aliphatic hydroxyl groups is 1. The van der Waals surface area contributed by atoms with Crippen LogP contribution in [0, 0.1) is 0 Å². The largest absolute Gasteiger partial charge is 0.462 e. The molecule has 1 unspecified atom stereocenters. The molecule has 37 heavy (non-hydrogen) atoms. The van der Waals surface area contributed by atoms with E-state index in [4.69, 9.17) is 4.74 Å². The fourth-order valence-corrected chi connectivity index (χ4v) is 5.19. The number of hydrogen-bond acceptors (Lipinski definition) is 4. The van der Waals surface area contributed by atoms with Crippen molar-refractivity contribution < 1.29 is 14.6 Å². The van der Waals surface area contributed by atoms with E-state index in [2.05, 4.69) is 25.7 Å². The molecule has 0 bridgehead atoms. The molecule has 0 radical (unpaired) electrons. The van der Waals surface area contributed by atoms with Crippen molar-refractivity contribution in [2.24, 2.45) is 0 Å². The Morgan fingerprint density at radius 2 is 0.973 bits per heavy atom. The fraction of sp³-hybridized carbons (Fsp3) is 0.970. The lowest BCUT2D eigenvalue weighted by atomic mass is 10.0. The summed E-state index contributed by atoms with van der Waals surface area (Å²) in [6, 6.07) is 0. The summed E-state index contributed by atoms with van der Waals surface area (Å²) >= 11 is 0. The van der Waals surface area contributed by atoms with Gasteiger partial charge in [-0.15, -0.1) is 0 Å². The maximum Gasteiger partial charge on any atom is 0.306 e. The smallest absolute Gasteiger partial charge is 0.306 e. The van der Waals surface area contributed by atoms with Crippen molar-refractivity contribution in [3.8, 4) is 0 Å². The van der Waals surface area contributed by atoms with Crippen molar-refractivity contribution >= 4 is 5.97 Å². The SMILES string of the molecule is CCCCCCCCCN(CCO)CCCCCCCC(=O)OC(CCCCCC)CCCCCCC. The zero-order chi connectivity index (χ0) is 27.2. The molecule has 1 atom stereocenters. The van der Waals surface area contributed by atoms with Crippen molar-refractivity contribution in [3.63, 3.8) is 0 Å². The van der Waals surface area contributed by atoms with Gasteiger partial charge in [-0.2, -0.15) is 0 Å². The van der Waals surface area contributed by atoms with Crippen molar-refractivity contribution in [3.05, 3.63) is 0 Å². The van der Waals surface area contributed by atoms with Crippen molar-refractivity contribution in [1.82, 2.24) is 4.90 Å². The molecular formula is C33H67NO3. The van der Waals surface area contributed by atoms with E-state index in [9.17, 15) is 9.90 Å². The molecule has 0 fully saturated rings. The Morgan fingerprint density at radius 3 is 1.46 bits per heavy atom. The van der Waals surface area contributed by atoms with Gasteiger partial charge in [0.15, 0.2) is 0 Å². The predicted molar refractivity (Wildman–Crippen MR) is 161 cm³/mol. The van der Waals surface area contributed by atoms with E-state index in [1.165, 1.54) is 122 Å². The van der Waals surface area contributed by atoms with Crippen LogP contribution in [0.4, 0.5) is 0 Å². The third-order valence-corrected chi connectivity index (χ3v) is 7.66. The third kappa shape index (κ3) is 26.8. The van der Waals surface area contributed by atoms with E-state index in [1.807, 2.05) is 0 Å². The van der Waals surface area contributed by atoms with Gasteiger partial charge < -0.3 is 14.7 Å². The molecule has 0 aliphatic carbocycles. The highest BCUT2D eigenvalue weighted by Gasteiger charge is 2.14. The number of ether oxygens (including phenoxy) is 1. The molecule has 0 heterocycles. The molecule has 4 nitrogen and oxygen atoms in total. The third-order valence-electron chi connectivity index (χ3n) is 7.66. The molecule has 0 amide bonds. The normalized spacial score (nSPS) is 12.4. The average molecular weight is 526 g/mol. The second-order valence-corrected chi connectivity index (χ2v) is 11.4. The summed E-state index contributed by atoms with van der Waals surface area (Å²) < 4.78 is 5.93. The Morgan fingerprint density at radius 1 is 0.568 bits per heavy atom. The maximum absolute atomic E-state index is 12.5. The van der Waals surface area contributed by atoms with Crippen LogP contribution in [0.5, 0.6) is 0 Å². The van der Waals surface area contributed by atoms with Crippen LogP contribution in [0.15, 0.2) is 0 Å². The van der Waals surface area contributed by atoms with Gasteiger partial charge in [0.25, 0.3) is 0 Å². The van der Waals surface area contributed by atoms with Gasteiger partial charge >= 0.3 is 5.97 Å². The topological polar surface area (TPSA) is 49.8 Å². The van der Waals surface area contributed by atoms with E-state index in [0.29, 0.717) is 6.42 Å². The second kappa shape index (κ2) is 29.9. The van der Waals surface area contributed by atoms with Crippen LogP contribution in [0.2, 0.25) is 0 Å². The Balaban J connectivity index is 3.94. The summed E-state index contributed by atoms with van der Waals surface area (Å²) in [5.41, 5.74) is 0. The van der Waals surface area contributed by atoms with Gasteiger partial charge in [0, 0.05) is 13.0 Å². The van der Waals surface area contributed by atoms with Crippen LogP contribution >= 0.6 is 0 Å². The molecule has 1 N–H and O–H groups in total. The van der Waals surface area contributed by atoms with Gasteiger partial charge in [-0.3, -0.25) is 4.79 Å². The van der Waals surface area contributed by atoms with Gasteiger partial charge in [0.1, 0.15) is 6.10 Å². The molecule has 4 heteroatoms. The minimum absolute atomic E-state index is 0.0258. The number of unbranched alkanes of at least 4 members (excludes halogenated alkanes) is 17. The second-order valence-electron chi connectivity index (χ2n) is 11.4. The number of nitrogens with zero attached hydrogens (tertiary/aromatic N) is 1. The standard InChI is InChI=1S/C33H67NO3/c1-4-7-10-13-14-18-23-28-34(30-31-35)29-24-19-15-17-22-27-33(36)37-32(25-20-12-9-6-3)26-21-16-11-8-5-2/h32,35H,4-31H2,1-3H3. The first-order chi connectivity index (χ1) is 18.2. The molecule has 0 saturated carbocycles. The predicted octanol–water partition coefficient (Wildman–Crippen LogP) is 9.61. The highest BCUT2D eigenvalue weighted by atomic mass is 16.5. The summed E-state index contributed by atoms with van der Waals surface area (Å²) in [7, 11) is 0. The summed E-state index contributed by atoms with van der Waals surface area (Å²) in [6.45, 7) is 10.0. The van der Waals surface area contributed by atoms with Crippen molar-refractivity contribution in [1.29, 1.82) is 0 Å². The molecule has 222 valence electrons. The quantitative estimate of drug-likeness (QED) is 0.0749. The Kier molecular flexibility index (Phi) is 29.4. The van der Waals surface area contributed by atoms with E-state index >= 15 is 0 Å². The summed E-state index contributed by atoms with van der Waals surface area (Å²) in [6.07, 6.45) is 29.2. The monoisotopic (exact) mass is 526 g/mol. The van der Waals surface area contributed by atoms with Gasteiger partial charge in [-0.05, 0) is 58.0 Å². The minimum Gasteiger partial charge on any atom is -0.462 e. The average Bonchev–Trinajstić information content (AvgIpc) is 2.89. The zero-order valence-corrected chi connectivity index (χ0v) is 25.6. The van der Waals surface area contributed by atoms with Gasteiger partial charge in [-0.1, -0.05) is 124 Å². The minimum atomic E-state index is 0.0258. The first-order valence-corrected chi connectivity index (χ1v) is 16.7. The molecule has 0 spiro atoms. The lowest BCUT2D eigenvalue weighted by molar-refractivity contribution is -0.150. The van der Waals surface area contributed by atoms with Crippen LogP contribution in [0.25, 0.3) is 0 Å². The van der Waals surface area contributed by atoms with Crippen LogP contribution in [0.1, 0.15) is 175 Å². The van der Waals surface area contributed by atoms with Crippen molar-refractivity contribution in [2.45, 2.75) is 181 Å². The van der Waals surface area contributed by atoms with Crippen LogP contribution in [-0.2, 0) is 9.53 Å². The summed E-state index contributed by atoms with van der Waals surface area (Å²) in [5, 5.41) is 9.39. The number of rotatable bonds is 30. The number of carbonyl (C=O) groups excluding carboxylic acids is 1. The Hall–Kier alpha value is -0.610. The van der Waals surface area contributed by atoms with Crippen LogP contribution in [-0.4, -0.2) is 48.3 Å². The van der Waals surface area contributed by atoms with E-state index in [1.54, 1.807) is 0 Å². The lowest BCUT2D eigenvalue weighted by Gasteiger charge is -2.21. The molecule has 0 saturated heterocycles. The fourth-order valence-electron chi connectivity index (χ4n) is 5.19. The highest BCUT2D eigenvalue weighted by Crippen LogP contribution is 2.17. The molecule has 0 aromatic carbocycles. The van der Waals surface area contributed by atoms with E-state index in [0.717, 1.165) is 45.3 Å². The lowest BCUT2D eigenvalue weighted by Crippen LogP contribution is -2.29. The number of hydrogen-bond donors (Lipinski definition) is 1. The molecule has 0 aliphatic heterocycles.